The predicted molar refractivity (Wildman–Crippen MR) is 99.3 cm³/mol. The van der Waals surface area contributed by atoms with Crippen LogP contribution in [0.15, 0.2) is 30.3 Å². The second-order valence-electron chi connectivity index (χ2n) is 6.45. The molecule has 0 atom stereocenters. The number of amides is 1. The lowest BCUT2D eigenvalue weighted by Crippen LogP contribution is -2.38. The number of aromatic nitrogens is 2. The second kappa shape index (κ2) is 8.81. The highest BCUT2D eigenvalue weighted by Gasteiger charge is 2.30. The molecule has 0 fully saturated rings. The van der Waals surface area contributed by atoms with Crippen molar-refractivity contribution in [1.29, 1.82) is 0 Å². The smallest absolute Gasteiger partial charge is 0.359 e. The molecule has 3 rings (SSSR count). The predicted octanol–water partition coefficient (Wildman–Crippen LogP) is 1.83. The molecule has 0 N–H and O–H groups in total. The fourth-order valence-electron chi connectivity index (χ4n) is 3.35. The van der Waals surface area contributed by atoms with Crippen LogP contribution in [0.5, 0.6) is 0 Å². The molecular formula is C20H25N3O4. The molecule has 0 bridgehead atoms. The van der Waals surface area contributed by atoms with Crippen LogP contribution in [0, 0.1) is 0 Å². The molecule has 27 heavy (non-hydrogen) atoms. The average molecular weight is 371 g/mol. The molecule has 0 unspecified atom stereocenters. The molecule has 0 aliphatic carbocycles. The van der Waals surface area contributed by atoms with Gasteiger partial charge < -0.3 is 14.4 Å². The first-order valence-corrected chi connectivity index (χ1v) is 9.20. The Labute approximate surface area is 158 Å². The summed E-state index contributed by atoms with van der Waals surface area (Å²) in [5.41, 5.74) is 3.33. The molecule has 2 heterocycles. The van der Waals surface area contributed by atoms with Crippen molar-refractivity contribution in [3.63, 3.8) is 0 Å². The number of benzene rings is 1. The number of carbonyl (C=O) groups excluding carboxylic acids is 2. The van der Waals surface area contributed by atoms with E-state index in [-0.39, 0.29) is 19.1 Å². The van der Waals surface area contributed by atoms with Gasteiger partial charge in [-0.25, -0.2) is 4.79 Å². The van der Waals surface area contributed by atoms with Crippen LogP contribution in [0.3, 0.4) is 0 Å². The summed E-state index contributed by atoms with van der Waals surface area (Å²) >= 11 is 0. The summed E-state index contributed by atoms with van der Waals surface area (Å²) < 4.78 is 12.0. The van der Waals surface area contributed by atoms with E-state index < -0.39 is 5.97 Å². The van der Waals surface area contributed by atoms with Gasteiger partial charge >= 0.3 is 5.97 Å². The number of aryl methyl sites for hydroxylation is 2. The first kappa shape index (κ1) is 19.1. The first-order valence-electron chi connectivity index (χ1n) is 9.20. The minimum absolute atomic E-state index is 0.0339. The minimum Gasteiger partial charge on any atom is -0.461 e. The molecule has 0 saturated carbocycles. The molecule has 0 spiro atoms. The number of ether oxygens (including phenoxy) is 2. The summed E-state index contributed by atoms with van der Waals surface area (Å²) in [6.45, 7) is 3.72. The summed E-state index contributed by atoms with van der Waals surface area (Å²) in [6.07, 6.45) is 1.48. The van der Waals surface area contributed by atoms with E-state index in [0.29, 0.717) is 31.7 Å². The summed E-state index contributed by atoms with van der Waals surface area (Å²) in [4.78, 5) is 26.3. The third-order valence-corrected chi connectivity index (χ3v) is 4.68. The Hall–Kier alpha value is -2.67. The fraction of sp³-hybridized carbons (Fsp3) is 0.450. The molecule has 2 aromatic rings. The summed E-state index contributed by atoms with van der Waals surface area (Å²) in [5, 5.41) is 4.54. The maximum absolute atomic E-state index is 12.4. The zero-order valence-corrected chi connectivity index (χ0v) is 15.8. The van der Waals surface area contributed by atoms with Gasteiger partial charge in [0.1, 0.15) is 6.61 Å². The number of methoxy groups -OCH3 is 1. The zero-order valence-electron chi connectivity index (χ0n) is 15.8. The van der Waals surface area contributed by atoms with Gasteiger partial charge in [-0.2, -0.15) is 5.10 Å². The van der Waals surface area contributed by atoms with Crippen LogP contribution in [-0.2, 0) is 40.2 Å². The van der Waals surface area contributed by atoms with Crippen molar-refractivity contribution in [3.05, 3.63) is 52.8 Å². The monoisotopic (exact) mass is 371 g/mol. The molecule has 7 heteroatoms. The third-order valence-electron chi connectivity index (χ3n) is 4.68. The molecule has 0 radical (unpaired) electrons. The summed E-state index contributed by atoms with van der Waals surface area (Å²) in [5.74, 6) is -0.525. The molecular weight excluding hydrogens is 346 g/mol. The van der Waals surface area contributed by atoms with Crippen LogP contribution in [0.4, 0.5) is 0 Å². The Kier molecular flexibility index (Phi) is 6.24. The van der Waals surface area contributed by atoms with Crippen LogP contribution in [0.1, 0.15) is 34.2 Å². The number of esters is 1. The molecule has 1 amide bonds. The van der Waals surface area contributed by atoms with E-state index in [1.54, 1.807) is 11.8 Å². The number of hydrogen-bond acceptors (Lipinski definition) is 5. The van der Waals surface area contributed by atoms with Gasteiger partial charge in [0.25, 0.3) is 0 Å². The molecule has 1 aliphatic heterocycles. The Morgan fingerprint density at radius 3 is 2.70 bits per heavy atom. The van der Waals surface area contributed by atoms with Crippen molar-refractivity contribution in [3.8, 4) is 0 Å². The largest absolute Gasteiger partial charge is 0.461 e. The van der Waals surface area contributed by atoms with Crippen LogP contribution in [0.25, 0.3) is 0 Å². The van der Waals surface area contributed by atoms with E-state index in [2.05, 4.69) is 17.2 Å². The SMILES string of the molecule is CCOC(=O)c1nn(CCc2ccccc2)c2c1CN(C(=O)COC)CC2. The first-order chi connectivity index (χ1) is 13.1. The molecule has 1 aromatic heterocycles. The molecule has 0 saturated heterocycles. The van der Waals surface area contributed by atoms with Gasteiger partial charge in [0.15, 0.2) is 5.69 Å². The van der Waals surface area contributed by atoms with Crippen LogP contribution in [0.2, 0.25) is 0 Å². The number of fused-ring (bicyclic) bond motifs is 1. The molecule has 144 valence electrons. The number of rotatable bonds is 7. The minimum atomic E-state index is -0.437. The van der Waals surface area contributed by atoms with Gasteiger partial charge in [-0.3, -0.25) is 9.48 Å². The van der Waals surface area contributed by atoms with Crippen molar-refractivity contribution in [2.45, 2.75) is 32.9 Å². The van der Waals surface area contributed by atoms with E-state index in [1.807, 2.05) is 22.9 Å². The van der Waals surface area contributed by atoms with Crippen LogP contribution >= 0.6 is 0 Å². The van der Waals surface area contributed by atoms with Crippen molar-refractivity contribution in [2.75, 3.05) is 26.9 Å². The standard InChI is InChI=1S/C20H25N3O4/c1-3-27-20(25)19-16-13-22(18(24)14-26-2)11-10-17(16)23(21-19)12-9-15-7-5-4-6-8-15/h4-8H,3,9-14H2,1-2H3. The van der Waals surface area contributed by atoms with Crippen molar-refractivity contribution in [1.82, 2.24) is 14.7 Å². The lowest BCUT2D eigenvalue weighted by molar-refractivity contribution is -0.136. The van der Waals surface area contributed by atoms with E-state index in [1.165, 1.54) is 12.7 Å². The summed E-state index contributed by atoms with van der Waals surface area (Å²) in [7, 11) is 1.50. The van der Waals surface area contributed by atoms with E-state index >= 15 is 0 Å². The van der Waals surface area contributed by atoms with Gasteiger partial charge in [-0.1, -0.05) is 30.3 Å². The van der Waals surface area contributed by atoms with Crippen LogP contribution in [-0.4, -0.2) is 53.4 Å². The Balaban J connectivity index is 1.84. The highest BCUT2D eigenvalue weighted by Crippen LogP contribution is 2.24. The van der Waals surface area contributed by atoms with Crippen molar-refractivity contribution >= 4 is 11.9 Å². The Morgan fingerprint density at radius 1 is 1.22 bits per heavy atom. The van der Waals surface area contributed by atoms with Crippen molar-refractivity contribution in [2.24, 2.45) is 0 Å². The van der Waals surface area contributed by atoms with Crippen molar-refractivity contribution < 1.29 is 19.1 Å². The maximum atomic E-state index is 12.4. The average Bonchev–Trinajstić information content (AvgIpc) is 3.05. The zero-order chi connectivity index (χ0) is 19.2. The Morgan fingerprint density at radius 2 is 2.00 bits per heavy atom. The summed E-state index contributed by atoms with van der Waals surface area (Å²) in [6, 6.07) is 10.2. The normalized spacial score (nSPS) is 13.3. The van der Waals surface area contributed by atoms with E-state index in [0.717, 1.165) is 17.7 Å². The third kappa shape index (κ3) is 4.36. The van der Waals surface area contributed by atoms with E-state index in [4.69, 9.17) is 9.47 Å². The molecule has 7 nitrogen and oxygen atoms in total. The van der Waals surface area contributed by atoms with E-state index in [9.17, 15) is 9.59 Å². The highest BCUT2D eigenvalue weighted by atomic mass is 16.5. The quantitative estimate of drug-likeness (QED) is 0.695. The second-order valence-corrected chi connectivity index (χ2v) is 6.45. The van der Waals surface area contributed by atoms with Crippen LogP contribution < -0.4 is 0 Å². The molecule has 1 aliphatic rings. The highest BCUT2D eigenvalue weighted by molar-refractivity contribution is 5.89. The van der Waals surface area contributed by atoms with Gasteiger partial charge in [0, 0.05) is 44.4 Å². The number of hydrogen-bond donors (Lipinski definition) is 0. The fourth-order valence-corrected chi connectivity index (χ4v) is 3.35. The van der Waals surface area contributed by atoms with Gasteiger partial charge in [0.05, 0.1) is 6.61 Å². The lowest BCUT2D eigenvalue weighted by atomic mass is 10.0. The van der Waals surface area contributed by atoms with Gasteiger partial charge in [0.2, 0.25) is 5.91 Å². The maximum Gasteiger partial charge on any atom is 0.359 e. The number of nitrogens with zero attached hydrogens (tertiary/aromatic N) is 3. The van der Waals surface area contributed by atoms with Gasteiger partial charge in [-0.05, 0) is 18.9 Å². The Bertz CT molecular complexity index is 801. The topological polar surface area (TPSA) is 73.7 Å². The number of carbonyl (C=O) groups is 2. The van der Waals surface area contributed by atoms with Gasteiger partial charge in [-0.15, -0.1) is 0 Å². The molecule has 1 aromatic carbocycles. The lowest BCUT2D eigenvalue weighted by Gasteiger charge is -2.27.